The minimum Gasteiger partial charge on any atom is -0.444 e. The highest BCUT2D eigenvalue weighted by Crippen LogP contribution is 2.22. The fourth-order valence-electron chi connectivity index (χ4n) is 2.29. The molecule has 7 nitrogen and oxygen atoms in total. The molecular weight excluding hydrogens is 358 g/mol. The quantitative estimate of drug-likeness (QED) is 0.707. The van der Waals surface area contributed by atoms with Crippen LogP contribution in [0.4, 0.5) is 16.2 Å². The predicted octanol–water partition coefficient (Wildman–Crippen LogP) is 3.79. The highest BCUT2D eigenvalue weighted by atomic mass is 16.6. The van der Waals surface area contributed by atoms with E-state index < -0.39 is 11.7 Å². The highest BCUT2D eigenvalue weighted by molar-refractivity contribution is 6.07. The van der Waals surface area contributed by atoms with Gasteiger partial charge in [0.1, 0.15) is 5.60 Å². The van der Waals surface area contributed by atoms with Crippen molar-refractivity contribution in [2.45, 2.75) is 32.8 Å². The summed E-state index contributed by atoms with van der Waals surface area (Å²) in [6, 6.07) is 15.7. The van der Waals surface area contributed by atoms with Crippen LogP contribution in [-0.4, -0.2) is 30.1 Å². The minimum absolute atomic E-state index is 0.0697. The van der Waals surface area contributed by atoms with Gasteiger partial charge in [-0.15, -0.1) is 0 Å². The number of amides is 3. The van der Waals surface area contributed by atoms with Crippen LogP contribution in [0.3, 0.4) is 0 Å². The lowest BCUT2D eigenvalue weighted by Gasteiger charge is -2.19. The highest BCUT2D eigenvalue weighted by Gasteiger charge is 2.16. The number of carbonyl (C=O) groups is 3. The summed E-state index contributed by atoms with van der Waals surface area (Å²) in [5.41, 5.74) is 0.895. The van der Waals surface area contributed by atoms with Gasteiger partial charge in [0.2, 0.25) is 5.91 Å². The Kier molecular flexibility index (Phi) is 7.14. The lowest BCUT2D eigenvalue weighted by molar-refractivity contribution is -0.116. The number of carbonyl (C=O) groups excluding carboxylic acids is 3. The first-order valence-electron chi connectivity index (χ1n) is 8.97. The molecule has 0 radical (unpaired) electrons. The molecule has 0 aliphatic heterocycles. The van der Waals surface area contributed by atoms with E-state index in [2.05, 4.69) is 16.0 Å². The van der Waals surface area contributed by atoms with Crippen molar-refractivity contribution in [1.29, 1.82) is 0 Å². The minimum atomic E-state index is -0.595. The molecule has 0 heterocycles. The molecule has 0 fully saturated rings. The summed E-state index contributed by atoms with van der Waals surface area (Å²) in [4.78, 5) is 36.1. The molecule has 0 saturated heterocycles. The number of benzene rings is 2. The van der Waals surface area contributed by atoms with Crippen molar-refractivity contribution in [2.24, 2.45) is 0 Å². The fraction of sp³-hybridized carbons (Fsp3) is 0.286. The second-order valence-corrected chi connectivity index (χ2v) is 7.09. The lowest BCUT2D eigenvalue weighted by atomic mass is 10.2. The van der Waals surface area contributed by atoms with Crippen molar-refractivity contribution in [3.63, 3.8) is 0 Å². The standard InChI is InChI=1S/C21H25N3O4/c1-21(2,3)28-20(27)22-14-13-18(25)23-16-11-7-8-12-17(16)24-19(26)15-9-5-4-6-10-15/h4-12H,13-14H2,1-3H3,(H,22,27)(H,23,25)(H,24,26). The number of hydrogen-bond acceptors (Lipinski definition) is 4. The van der Waals surface area contributed by atoms with E-state index in [1.807, 2.05) is 6.07 Å². The van der Waals surface area contributed by atoms with Gasteiger partial charge in [0, 0.05) is 18.5 Å². The van der Waals surface area contributed by atoms with Gasteiger partial charge in [0.25, 0.3) is 5.91 Å². The Morgan fingerprint density at radius 3 is 2.04 bits per heavy atom. The molecule has 3 N–H and O–H groups in total. The van der Waals surface area contributed by atoms with E-state index in [0.717, 1.165) is 0 Å². The molecule has 148 valence electrons. The zero-order valence-corrected chi connectivity index (χ0v) is 16.2. The molecule has 0 aliphatic carbocycles. The van der Waals surface area contributed by atoms with Crippen LogP contribution in [0, 0.1) is 0 Å². The van der Waals surface area contributed by atoms with Crippen molar-refractivity contribution < 1.29 is 19.1 Å². The van der Waals surface area contributed by atoms with Crippen LogP contribution in [0.15, 0.2) is 54.6 Å². The van der Waals surface area contributed by atoms with Gasteiger partial charge >= 0.3 is 6.09 Å². The average molecular weight is 383 g/mol. The molecule has 2 rings (SSSR count). The number of anilines is 2. The summed E-state index contributed by atoms with van der Waals surface area (Å²) in [5, 5.41) is 8.06. The molecule has 3 amide bonds. The molecule has 7 heteroatoms. The molecule has 0 saturated carbocycles. The number of ether oxygens (including phenoxy) is 1. The van der Waals surface area contributed by atoms with Gasteiger partial charge in [-0.3, -0.25) is 9.59 Å². The largest absolute Gasteiger partial charge is 0.444 e. The van der Waals surface area contributed by atoms with Gasteiger partial charge in [0.05, 0.1) is 11.4 Å². The maximum absolute atomic E-state index is 12.3. The van der Waals surface area contributed by atoms with Gasteiger partial charge in [-0.2, -0.15) is 0 Å². The van der Waals surface area contributed by atoms with Crippen molar-refractivity contribution in [1.82, 2.24) is 5.32 Å². The third kappa shape index (κ3) is 7.11. The molecule has 28 heavy (non-hydrogen) atoms. The Morgan fingerprint density at radius 1 is 0.857 bits per heavy atom. The maximum atomic E-state index is 12.3. The van der Waals surface area contributed by atoms with Crippen molar-refractivity contribution in [3.8, 4) is 0 Å². The van der Waals surface area contributed by atoms with Crippen LogP contribution < -0.4 is 16.0 Å². The summed E-state index contributed by atoms with van der Waals surface area (Å²) >= 11 is 0. The van der Waals surface area contributed by atoms with Crippen molar-refractivity contribution in [2.75, 3.05) is 17.2 Å². The molecule has 0 spiro atoms. The van der Waals surface area contributed by atoms with E-state index in [-0.39, 0.29) is 24.8 Å². The number of rotatable bonds is 6. The molecule has 0 bridgehead atoms. The average Bonchev–Trinajstić information content (AvgIpc) is 2.62. The van der Waals surface area contributed by atoms with Gasteiger partial charge in [0.15, 0.2) is 0 Å². The van der Waals surface area contributed by atoms with E-state index in [4.69, 9.17) is 4.74 Å². The summed E-state index contributed by atoms with van der Waals surface area (Å²) in [6.45, 7) is 5.43. The summed E-state index contributed by atoms with van der Waals surface area (Å²) in [6.07, 6.45) is -0.504. The van der Waals surface area contributed by atoms with Gasteiger partial charge in [-0.05, 0) is 45.0 Å². The Labute approximate surface area is 164 Å². The summed E-state index contributed by atoms with van der Waals surface area (Å²) in [7, 11) is 0. The summed E-state index contributed by atoms with van der Waals surface area (Å²) in [5.74, 6) is -0.564. The smallest absolute Gasteiger partial charge is 0.407 e. The Hall–Kier alpha value is -3.35. The monoisotopic (exact) mass is 383 g/mol. The zero-order chi connectivity index (χ0) is 20.6. The van der Waals surface area contributed by atoms with E-state index in [1.54, 1.807) is 69.3 Å². The first kappa shape index (κ1) is 21.0. The zero-order valence-electron chi connectivity index (χ0n) is 16.2. The van der Waals surface area contributed by atoms with Gasteiger partial charge < -0.3 is 20.7 Å². The molecule has 0 atom stereocenters. The van der Waals surface area contributed by atoms with Crippen molar-refractivity contribution in [3.05, 3.63) is 60.2 Å². The van der Waals surface area contributed by atoms with Crippen LogP contribution in [0.5, 0.6) is 0 Å². The van der Waals surface area contributed by atoms with Gasteiger partial charge in [-0.1, -0.05) is 30.3 Å². The molecule has 0 aliphatic rings. The van der Waals surface area contributed by atoms with E-state index in [1.165, 1.54) is 0 Å². The molecule has 2 aromatic carbocycles. The number of nitrogens with one attached hydrogen (secondary N) is 3. The Balaban J connectivity index is 1.89. The topological polar surface area (TPSA) is 96.5 Å². The third-order valence-corrected chi connectivity index (χ3v) is 3.51. The SMILES string of the molecule is CC(C)(C)OC(=O)NCCC(=O)Nc1ccccc1NC(=O)c1ccccc1. The van der Waals surface area contributed by atoms with Crippen LogP contribution in [0.1, 0.15) is 37.6 Å². The second kappa shape index (κ2) is 9.55. The number of hydrogen-bond donors (Lipinski definition) is 3. The first-order valence-corrected chi connectivity index (χ1v) is 8.97. The predicted molar refractivity (Wildman–Crippen MR) is 108 cm³/mol. The number of para-hydroxylation sites is 2. The van der Waals surface area contributed by atoms with Gasteiger partial charge in [-0.25, -0.2) is 4.79 Å². The third-order valence-electron chi connectivity index (χ3n) is 3.51. The normalized spacial score (nSPS) is 10.7. The van der Waals surface area contributed by atoms with Crippen LogP contribution >= 0.6 is 0 Å². The van der Waals surface area contributed by atoms with Crippen LogP contribution in [0.25, 0.3) is 0 Å². The molecule has 2 aromatic rings. The van der Waals surface area contributed by atoms with E-state index >= 15 is 0 Å². The lowest BCUT2D eigenvalue weighted by Crippen LogP contribution is -2.34. The second-order valence-electron chi connectivity index (χ2n) is 7.09. The first-order chi connectivity index (χ1) is 13.2. The van der Waals surface area contributed by atoms with E-state index in [9.17, 15) is 14.4 Å². The van der Waals surface area contributed by atoms with Crippen LogP contribution in [-0.2, 0) is 9.53 Å². The molecule has 0 unspecified atom stereocenters. The Bertz CT molecular complexity index is 829. The van der Waals surface area contributed by atoms with Crippen LogP contribution in [0.2, 0.25) is 0 Å². The number of alkyl carbamates (subject to hydrolysis) is 1. The van der Waals surface area contributed by atoms with Crippen molar-refractivity contribution >= 4 is 29.3 Å². The van der Waals surface area contributed by atoms with E-state index in [0.29, 0.717) is 16.9 Å². The Morgan fingerprint density at radius 2 is 1.43 bits per heavy atom. The molecule has 0 aromatic heterocycles. The fourth-order valence-corrected chi connectivity index (χ4v) is 2.29. The summed E-state index contributed by atoms with van der Waals surface area (Å²) < 4.78 is 5.11. The molecular formula is C21H25N3O4. The maximum Gasteiger partial charge on any atom is 0.407 e.